The summed E-state index contributed by atoms with van der Waals surface area (Å²) < 4.78 is 56.0. The minimum Gasteiger partial charge on any atom is -0.489 e. The van der Waals surface area contributed by atoms with Crippen LogP contribution in [0, 0.1) is 5.82 Å². The fraction of sp³-hybridized carbons (Fsp3) is 0.294. The Morgan fingerprint density at radius 3 is 2.60 bits per heavy atom. The molecule has 0 N–H and O–H groups in total. The van der Waals surface area contributed by atoms with Gasteiger partial charge in [0, 0.05) is 19.7 Å². The van der Waals surface area contributed by atoms with Crippen LogP contribution in [0.1, 0.15) is 0 Å². The predicted molar refractivity (Wildman–Crippen MR) is 89.1 cm³/mol. The summed E-state index contributed by atoms with van der Waals surface area (Å²) in [6.07, 6.45) is 0. The lowest BCUT2D eigenvalue weighted by Crippen LogP contribution is -2.31. The van der Waals surface area contributed by atoms with Crippen molar-refractivity contribution in [2.24, 2.45) is 0 Å². The topological polar surface area (TPSA) is 65.1 Å². The quantitative estimate of drug-likeness (QED) is 0.784. The second-order valence-corrected chi connectivity index (χ2v) is 7.46. The van der Waals surface area contributed by atoms with E-state index in [0.717, 1.165) is 4.31 Å². The number of hydrogen-bond donors (Lipinski definition) is 0. The zero-order valence-corrected chi connectivity index (χ0v) is 14.5. The van der Waals surface area contributed by atoms with Crippen LogP contribution in [0.2, 0.25) is 0 Å². The van der Waals surface area contributed by atoms with Gasteiger partial charge in [-0.2, -0.15) is 4.31 Å². The molecule has 2 aromatic rings. The largest absolute Gasteiger partial charge is 0.489 e. The highest BCUT2D eigenvalue weighted by molar-refractivity contribution is 7.89. The molecule has 6 nitrogen and oxygen atoms in total. The molecule has 1 heterocycles. The molecule has 0 unspecified atom stereocenters. The lowest BCUT2D eigenvalue weighted by Gasteiger charge is -2.21. The fourth-order valence-electron chi connectivity index (χ4n) is 2.33. The van der Waals surface area contributed by atoms with E-state index >= 15 is 0 Å². The lowest BCUT2D eigenvalue weighted by molar-refractivity contribution is 0.171. The van der Waals surface area contributed by atoms with Gasteiger partial charge in [0.25, 0.3) is 0 Å². The normalized spacial score (nSPS) is 13.7. The van der Waals surface area contributed by atoms with Crippen LogP contribution >= 0.6 is 0 Å². The van der Waals surface area contributed by atoms with Crippen LogP contribution in [0.3, 0.4) is 0 Å². The maximum atomic E-state index is 13.5. The smallest absolute Gasteiger partial charge is 0.243 e. The third-order valence-corrected chi connectivity index (χ3v) is 5.58. The highest BCUT2D eigenvalue weighted by Crippen LogP contribution is 2.32. The van der Waals surface area contributed by atoms with Crippen molar-refractivity contribution in [3.05, 3.63) is 48.3 Å². The average Bonchev–Trinajstić information content (AvgIpc) is 2.62. The van der Waals surface area contributed by atoms with Gasteiger partial charge in [0.05, 0.1) is 4.90 Å². The van der Waals surface area contributed by atoms with Gasteiger partial charge in [-0.05, 0) is 24.3 Å². The van der Waals surface area contributed by atoms with Gasteiger partial charge >= 0.3 is 0 Å². The van der Waals surface area contributed by atoms with Crippen molar-refractivity contribution in [1.29, 1.82) is 0 Å². The number of rotatable bonds is 6. The fourth-order valence-corrected chi connectivity index (χ4v) is 3.50. The van der Waals surface area contributed by atoms with Gasteiger partial charge in [-0.25, -0.2) is 12.8 Å². The number of fused-ring (bicyclic) bond motifs is 1. The van der Waals surface area contributed by atoms with Gasteiger partial charge in [-0.15, -0.1) is 0 Å². The van der Waals surface area contributed by atoms with E-state index in [1.54, 1.807) is 18.2 Å². The second-order valence-electron chi connectivity index (χ2n) is 5.41. The molecule has 134 valence electrons. The number of likely N-dealkylation sites (N-methyl/N-ethyl adjacent to an activating group) is 1. The number of para-hydroxylation sites is 1. The first-order valence-corrected chi connectivity index (χ1v) is 9.16. The summed E-state index contributed by atoms with van der Waals surface area (Å²) in [5, 5.41) is 0. The molecule has 0 radical (unpaired) electrons. The molecule has 0 saturated heterocycles. The van der Waals surface area contributed by atoms with Crippen molar-refractivity contribution in [2.75, 3.05) is 33.4 Å². The maximum Gasteiger partial charge on any atom is 0.243 e. The Kier molecular flexibility index (Phi) is 5.10. The predicted octanol–water partition coefficient (Wildman–Crippen LogP) is 2.30. The molecule has 0 aromatic heterocycles. The van der Waals surface area contributed by atoms with E-state index in [1.807, 2.05) is 0 Å². The molecule has 0 spiro atoms. The third kappa shape index (κ3) is 3.85. The first-order chi connectivity index (χ1) is 12.0. The second kappa shape index (κ2) is 7.28. The van der Waals surface area contributed by atoms with E-state index in [-0.39, 0.29) is 23.8 Å². The van der Waals surface area contributed by atoms with Crippen molar-refractivity contribution in [3.63, 3.8) is 0 Å². The summed E-state index contributed by atoms with van der Waals surface area (Å²) in [5.41, 5.74) is 0. The van der Waals surface area contributed by atoms with Crippen molar-refractivity contribution in [2.45, 2.75) is 4.90 Å². The van der Waals surface area contributed by atoms with Crippen LogP contribution in [0.5, 0.6) is 17.2 Å². The molecule has 0 aliphatic carbocycles. The molecule has 8 heteroatoms. The third-order valence-electron chi connectivity index (χ3n) is 3.72. The van der Waals surface area contributed by atoms with Gasteiger partial charge in [-0.1, -0.05) is 12.1 Å². The standard InChI is InChI=1S/C17H18FNO5S/c1-19(8-9-22-15-5-3-2-4-14(15)18)25(20,21)13-6-7-16-17(12-13)24-11-10-23-16/h2-7,12H,8-11H2,1H3. The molecular weight excluding hydrogens is 349 g/mol. The minimum atomic E-state index is -3.71. The van der Waals surface area contributed by atoms with Gasteiger partial charge in [0.1, 0.15) is 19.8 Å². The molecule has 0 fully saturated rings. The molecule has 0 amide bonds. The van der Waals surface area contributed by atoms with Gasteiger partial charge in [0.2, 0.25) is 10.0 Å². The number of halogens is 1. The first-order valence-electron chi connectivity index (χ1n) is 7.72. The molecule has 0 bridgehead atoms. The summed E-state index contributed by atoms with van der Waals surface area (Å²) in [7, 11) is -2.27. The van der Waals surface area contributed by atoms with E-state index in [0.29, 0.717) is 24.7 Å². The Hall–Kier alpha value is -2.32. The average molecular weight is 367 g/mol. The highest BCUT2D eigenvalue weighted by Gasteiger charge is 2.23. The van der Waals surface area contributed by atoms with Crippen LogP contribution < -0.4 is 14.2 Å². The van der Waals surface area contributed by atoms with Crippen molar-refractivity contribution in [1.82, 2.24) is 4.31 Å². The zero-order valence-electron chi connectivity index (χ0n) is 13.6. The Bertz CT molecular complexity index is 856. The van der Waals surface area contributed by atoms with E-state index in [9.17, 15) is 12.8 Å². The number of nitrogens with zero attached hydrogens (tertiary/aromatic N) is 1. The molecule has 0 atom stereocenters. The molecule has 0 saturated carbocycles. The monoisotopic (exact) mass is 367 g/mol. The van der Waals surface area contributed by atoms with Crippen molar-refractivity contribution < 1.29 is 27.0 Å². The van der Waals surface area contributed by atoms with Crippen LogP contribution in [-0.2, 0) is 10.0 Å². The van der Waals surface area contributed by atoms with E-state index < -0.39 is 15.8 Å². The van der Waals surface area contributed by atoms with Crippen LogP contribution in [0.4, 0.5) is 4.39 Å². The highest BCUT2D eigenvalue weighted by atomic mass is 32.2. The van der Waals surface area contributed by atoms with E-state index in [4.69, 9.17) is 14.2 Å². The molecule has 2 aromatic carbocycles. The Morgan fingerprint density at radius 1 is 1.12 bits per heavy atom. The van der Waals surface area contributed by atoms with Gasteiger partial charge in [0.15, 0.2) is 23.1 Å². The van der Waals surface area contributed by atoms with Crippen LogP contribution in [0.25, 0.3) is 0 Å². The Balaban J connectivity index is 1.66. The van der Waals surface area contributed by atoms with Crippen molar-refractivity contribution in [3.8, 4) is 17.2 Å². The van der Waals surface area contributed by atoms with E-state index in [2.05, 4.69) is 0 Å². The van der Waals surface area contributed by atoms with Crippen molar-refractivity contribution >= 4 is 10.0 Å². The zero-order chi connectivity index (χ0) is 17.9. The molecule has 3 rings (SSSR count). The Labute approximate surface area is 145 Å². The number of hydrogen-bond acceptors (Lipinski definition) is 5. The Morgan fingerprint density at radius 2 is 1.84 bits per heavy atom. The molecule has 1 aliphatic heterocycles. The van der Waals surface area contributed by atoms with Gasteiger partial charge in [-0.3, -0.25) is 0 Å². The van der Waals surface area contributed by atoms with Crippen LogP contribution in [-0.4, -0.2) is 46.1 Å². The number of benzene rings is 2. The summed E-state index contributed by atoms with van der Waals surface area (Å²) in [4.78, 5) is 0.102. The molecule has 1 aliphatic rings. The van der Waals surface area contributed by atoms with E-state index in [1.165, 1.54) is 31.3 Å². The minimum absolute atomic E-state index is 0.0290. The lowest BCUT2D eigenvalue weighted by atomic mass is 10.3. The number of sulfonamides is 1. The summed E-state index contributed by atoms with van der Waals surface area (Å²) in [6.45, 7) is 0.918. The maximum absolute atomic E-state index is 13.5. The first kappa shape index (κ1) is 17.5. The van der Waals surface area contributed by atoms with Gasteiger partial charge < -0.3 is 14.2 Å². The number of ether oxygens (including phenoxy) is 3. The summed E-state index contributed by atoms with van der Waals surface area (Å²) in [5.74, 6) is 0.534. The summed E-state index contributed by atoms with van der Waals surface area (Å²) in [6, 6.07) is 10.5. The summed E-state index contributed by atoms with van der Waals surface area (Å²) >= 11 is 0. The SMILES string of the molecule is CN(CCOc1ccccc1F)S(=O)(=O)c1ccc2c(c1)OCCO2. The molecule has 25 heavy (non-hydrogen) atoms. The van der Waals surface area contributed by atoms with Crippen LogP contribution in [0.15, 0.2) is 47.4 Å². The molecular formula is C17H18FNO5S.